The van der Waals surface area contributed by atoms with Crippen LogP contribution >= 0.6 is 0 Å². The maximum absolute atomic E-state index is 12.5. The van der Waals surface area contributed by atoms with Gasteiger partial charge < -0.3 is 14.2 Å². The Morgan fingerprint density at radius 3 is 2.79 bits per heavy atom. The fraction of sp³-hybridized carbons (Fsp3) is 0.300. The van der Waals surface area contributed by atoms with Gasteiger partial charge in [-0.25, -0.2) is 14.5 Å². The van der Waals surface area contributed by atoms with E-state index in [2.05, 4.69) is 10.1 Å². The maximum atomic E-state index is 12.5. The minimum absolute atomic E-state index is 0.129. The van der Waals surface area contributed by atoms with Gasteiger partial charge in [0.1, 0.15) is 0 Å². The van der Waals surface area contributed by atoms with Crippen molar-refractivity contribution in [2.24, 2.45) is 0 Å². The molecule has 2 aromatic heterocycles. The Kier molecular flexibility index (Phi) is 4.46. The first-order chi connectivity index (χ1) is 13.4. The second-order valence-electron chi connectivity index (χ2n) is 6.78. The maximum Gasteiger partial charge on any atom is 0.340 e. The van der Waals surface area contributed by atoms with Crippen molar-refractivity contribution in [3.63, 3.8) is 0 Å². The summed E-state index contributed by atoms with van der Waals surface area (Å²) in [6, 6.07) is 6.70. The van der Waals surface area contributed by atoms with E-state index in [1.165, 1.54) is 0 Å². The van der Waals surface area contributed by atoms with Crippen molar-refractivity contribution in [3.05, 3.63) is 47.3 Å². The molecule has 0 amide bonds. The molecule has 0 radical (unpaired) electrons. The predicted molar refractivity (Wildman–Crippen MR) is 99.8 cm³/mol. The van der Waals surface area contributed by atoms with E-state index in [-0.39, 0.29) is 25.2 Å². The van der Waals surface area contributed by atoms with Gasteiger partial charge in [0.15, 0.2) is 29.5 Å². The average molecular weight is 381 g/mol. The van der Waals surface area contributed by atoms with Crippen molar-refractivity contribution >= 4 is 22.8 Å². The first-order valence-corrected chi connectivity index (χ1v) is 8.89. The molecule has 28 heavy (non-hydrogen) atoms. The molecule has 0 bridgehead atoms. The highest BCUT2D eigenvalue weighted by atomic mass is 16.7. The molecular weight excluding hydrogens is 362 g/mol. The number of ketones is 1. The second kappa shape index (κ2) is 6.95. The topological polar surface area (TPSA) is 92.5 Å². The highest BCUT2D eigenvalue weighted by Gasteiger charge is 2.20. The third-order valence-corrected chi connectivity index (χ3v) is 4.50. The third-order valence-electron chi connectivity index (χ3n) is 4.50. The molecule has 0 saturated carbocycles. The number of hydrogen-bond acceptors (Lipinski definition) is 7. The molecule has 3 heterocycles. The first kappa shape index (κ1) is 18.0. The summed E-state index contributed by atoms with van der Waals surface area (Å²) in [7, 11) is 0. The van der Waals surface area contributed by atoms with Gasteiger partial charge in [-0.15, -0.1) is 0 Å². The number of esters is 1. The predicted octanol–water partition coefficient (Wildman–Crippen LogP) is 3.09. The Bertz CT molecular complexity index is 1090. The molecule has 0 saturated heterocycles. The lowest BCUT2D eigenvalue weighted by Gasteiger charge is -2.09. The number of pyridine rings is 1. The van der Waals surface area contributed by atoms with Crippen LogP contribution in [0.3, 0.4) is 0 Å². The van der Waals surface area contributed by atoms with Gasteiger partial charge in [0, 0.05) is 17.0 Å². The molecular formula is C20H19N3O5. The van der Waals surface area contributed by atoms with E-state index in [0.717, 1.165) is 5.39 Å². The number of fused-ring (bicyclic) bond motifs is 2. The summed E-state index contributed by atoms with van der Waals surface area (Å²) in [5, 5.41) is 5.05. The highest BCUT2D eigenvalue weighted by molar-refractivity contribution is 6.00. The van der Waals surface area contributed by atoms with Crippen LogP contribution in [0, 0.1) is 6.92 Å². The molecule has 0 fully saturated rings. The van der Waals surface area contributed by atoms with Gasteiger partial charge in [0.05, 0.1) is 17.5 Å². The molecule has 1 aliphatic rings. The number of ether oxygens (including phenoxy) is 3. The Morgan fingerprint density at radius 1 is 1.21 bits per heavy atom. The van der Waals surface area contributed by atoms with Crippen LogP contribution in [0.4, 0.5) is 0 Å². The number of hydrogen-bond donors (Lipinski definition) is 0. The molecule has 3 aromatic rings. The van der Waals surface area contributed by atoms with Crippen molar-refractivity contribution in [2.45, 2.75) is 26.8 Å². The number of rotatable bonds is 5. The summed E-state index contributed by atoms with van der Waals surface area (Å²) < 4.78 is 17.5. The second-order valence-corrected chi connectivity index (χ2v) is 6.78. The molecule has 1 aromatic carbocycles. The van der Waals surface area contributed by atoms with Crippen LogP contribution in [-0.4, -0.2) is 39.9 Å². The van der Waals surface area contributed by atoms with Crippen molar-refractivity contribution in [2.75, 3.05) is 13.4 Å². The van der Waals surface area contributed by atoms with Gasteiger partial charge in [-0.2, -0.15) is 5.10 Å². The quantitative estimate of drug-likeness (QED) is 0.495. The standard InChI is InChI=1S/C20H19N3O5/c1-11(2)23-19-14(8-21-23)6-15(12(3)22-19)20(25)26-9-16(24)13-4-5-17-18(7-13)28-10-27-17/h4-8,11H,9-10H2,1-3H3. The van der Waals surface area contributed by atoms with Crippen molar-refractivity contribution in [3.8, 4) is 11.5 Å². The molecule has 0 aliphatic carbocycles. The van der Waals surface area contributed by atoms with Crippen LogP contribution < -0.4 is 9.47 Å². The van der Waals surface area contributed by atoms with Crippen LogP contribution in [-0.2, 0) is 4.74 Å². The van der Waals surface area contributed by atoms with E-state index in [1.807, 2.05) is 13.8 Å². The Balaban J connectivity index is 1.49. The summed E-state index contributed by atoms with van der Waals surface area (Å²) in [6.45, 7) is 5.50. The minimum atomic E-state index is -0.599. The van der Waals surface area contributed by atoms with Gasteiger partial charge in [0.25, 0.3) is 0 Å². The summed E-state index contributed by atoms with van der Waals surface area (Å²) in [6.07, 6.45) is 1.66. The van der Waals surface area contributed by atoms with E-state index in [4.69, 9.17) is 14.2 Å². The van der Waals surface area contributed by atoms with Crippen molar-refractivity contribution < 1.29 is 23.8 Å². The minimum Gasteiger partial charge on any atom is -0.454 e. The Hall–Kier alpha value is -3.42. The third kappa shape index (κ3) is 3.17. The van der Waals surface area contributed by atoms with Crippen LogP contribution in [0.25, 0.3) is 11.0 Å². The van der Waals surface area contributed by atoms with Gasteiger partial charge in [-0.1, -0.05) is 0 Å². The normalized spacial score (nSPS) is 12.6. The van der Waals surface area contributed by atoms with Gasteiger partial charge >= 0.3 is 5.97 Å². The summed E-state index contributed by atoms with van der Waals surface area (Å²) >= 11 is 0. The molecule has 4 rings (SSSR count). The van der Waals surface area contributed by atoms with Crippen LogP contribution in [0.15, 0.2) is 30.5 Å². The lowest BCUT2D eigenvalue weighted by molar-refractivity contribution is 0.0473. The molecule has 0 N–H and O–H groups in total. The number of nitrogens with zero attached hydrogens (tertiary/aromatic N) is 3. The molecule has 1 aliphatic heterocycles. The lowest BCUT2D eigenvalue weighted by Crippen LogP contribution is -2.15. The fourth-order valence-electron chi connectivity index (χ4n) is 3.01. The van der Waals surface area contributed by atoms with Gasteiger partial charge in [0.2, 0.25) is 6.79 Å². The van der Waals surface area contributed by atoms with E-state index in [9.17, 15) is 9.59 Å². The zero-order valence-electron chi connectivity index (χ0n) is 15.8. The monoisotopic (exact) mass is 381 g/mol. The Morgan fingerprint density at radius 2 is 2.00 bits per heavy atom. The van der Waals surface area contributed by atoms with E-state index in [1.54, 1.807) is 42.1 Å². The molecule has 0 atom stereocenters. The SMILES string of the molecule is Cc1nc2c(cnn2C(C)C)cc1C(=O)OCC(=O)c1ccc2c(c1)OCO2. The highest BCUT2D eigenvalue weighted by Crippen LogP contribution is 2.32. The number of aromatic nitrogens is 3. The summed E-state index contributed by atoms with van der Waals surface area (Å²) in [5.74, 6) is 0.166. The molecule has 144 valence electrons. The lowest BCUT2D eigenvalue weighted by atomic mass is 10.1. The van der Waals surface area contributed by atoms with Gasteiger partial charge in [-0.3, -0.25) is 4.79 Å². The Labute approximate surface area is 161 Å². The van der Waals surface area contributed by atoms with Crippen LogP contribution in [0.5, 0.6) is 11.5 Å². The average Bonchev–Trinajstić information content (AvgIpc) is 3.30. The summed E-state index contributed by atoms with van der Waals surface area (Å²) in [4.78, 5) is 29.3. The van der Waals surface area contributed by atoms with Crippen LogP contribution in [0.1, 0.15) is 46.3 Å². The molecule has 8 heteroatoms. The number of carbonyl (C=O) groups is 2. The summed E-state index contributed by atoms with van der Waals surface area (Å²) in [5.41, 5.74) is 1.94. The zero-order valence-corrected chi connectivity index (χ0v) is 15.8. The van der Waals surface area contributed by atoms with Crippen molar-refractivity contribution in [1.29, 1.82) is 0 Å². The smallest absolute Gasteiger partial charge is 0.340 e. The molecule has 8 nitrogen and oxygen atoms in total. The number of benzene rings is 1. The molecule has 0 spiro atoms. The first-order valence-electron chi connectivity index (χ1n) is 8.89. The van der Waals surface area contributed by atoms with Crippen LogP contribution in [0.2, 0.25) is 0 Å². The van der Waals surface area contributed by atoms with Crippen molar-refractivity contribution in [1.82, 2.24) is 14.8 Å². The van der Waals surface area contributed by atoms with E-state index >= 15 is 0 Å². The number of aryl methyl sites for hydroxylation is 1. The molecule has 0 unspecified atom stereocenters. The zero-order chi connectivity index (χ0) is 19.8. The number of Topliss-reactive ketones (excluding diaryl/α,β-unsaturated/α-hetero) is 1. The van der Waals surface area contributed by atoms with Gasteiger partial charge in [-0.05, 0) is 45.0 Å². The number of carbonyl (C=O) groups excluding carboxylic acids is 2. The van der Waals surface area contributed by atoms with E-state index < -0.39 is 5.97 Å². The largest absolute Gasteiger partial charge is 0.454 e. The fourth-order valence-corrected chi connectivity index (χ4v) is 3.01. The van der Waals surface area contributed by atoms with E-state index in [0.29, 0.717) is 34.0 Å².